The zero-order valence-electron chi connectivity index (χ0n) is 10.4. The third-order valence-electron chi connectivity index (χ3n) is 3.34. The highest BCUT2D eigenvalue weighted by atomic mass is 32.2. The number of hydrogen-bond donors (Lipinski definition) is 2. The molecule has 3 unspecified atom stereocenters. The molecule has 0 saturated heterocycles. The molecule has 4 heteroatoms. The molecule has 3 nitrogen and oxygen atoms in total. The standard InChI is InChI=1S/C12H24N2OS/c1-9(16-2)6-7-14-12(15)10-4-3-5-11(13)8-10/h9-11H,3-8,13H2,1-2H3,(H,14,15). The molecule has 1 amide bonds. The van der Waals surface area contributed by atoms with Gasteiger partial charge in [0.25, 0.3) is 0 Å². The minimum atomic E-state index is 0.160. The van der Waals surface area contributed by atoms with Gasteiger partial charge in [-0.2, -0.15) is 11.8 Å². The largest absolute Gasteiger partial charge is 0.356 e. The number of carbonyl (C=O) groups is 1. The summed E-state index contributed by atoms with van der Waals surface area (Å²) in [6.45, 7) is 2.99. The van der Waals surface area contributed by atoms with Gasteiger partial charge in [0, 0.05) is 23.8 Å². The smallest absolute Gasteiger partial charge is 0.223 e. The van der Waals surface area contributed by atoms with E-state index in [9.17, 15) is 4.79 Å². The molecule has 1 rings (SSSR count). The van der Waals surface area contributed by atoms with Crippen LogP contribution in [0.4, 0.5) is 0 Å². The van der Waals surface area contributed by atoms with Crippen LogP contribution in [-0.4, -0.2) is 30.0 Å². The Bertz CT molecular complexity index is 223. The van der Waals surface area contributed by atoms with E-state index in [0.29, 0.717) is 5.25 Å². The van der Waals surface area contributed by atoms with E-state index in [-0.39, 0.29) is 17.9 Å². The molecule has 0 aromatic heterocycles. The van der Waals surface area contributed by atoms with E-state index < -0.39 is 0 Å². The van der Waals surface area contributed by atoms with Crippen molar-refractivity contribution in [1.29, 1.82) is 0 Å². The number of hydrogen-bond acceptors (Lipinski definition) is 3. The maximum absolute atomic E-state index is 11.8. The summed E-state index contributed by atoms with van der Waals surface area (Å²) >= 11 is 1.84. The van der Waals surface area contributed by atoms with E-state index in [4.69, 9.17) is 5.73 Å². The molecular weight excluding hydrogens is 220 g/mol. The second-order valence-corrected chi connectivity index (χ2v) is 6.03. The third kappa shape index (κ3) is 4.74. The molecule has 0 aromatic carbocycles. The fourth-order valence-electron chi connectivity index (χ4n) is 2.13. The molecule has 0 bridgehead atoms. The van der Waals surface area contributed by atoms with Crippen LogP contribution in [0.25, 0.3) is 0 Å². The van der Waals surface area contributed by atoms with Crippen LogP contribution < -0.4 is 11.1 Å². The first-order valence-corrected chi connectivity index (χ1v) is 7.48. The molecule has 1 aliphatic carbocycles. The summed E-state index contributed by atoms with van der Waals surface area (Å²) in [7, 11) is 0. The summed E-state index contributed by atoms with van der Waals surface area (Å²) in [5, 5.41) is 3.65. The molecule has 1 fully saturated rings. The summed E-state index contributed by atoms with van der Waals surface area (Å²) in [5.41, 5.74) is 5.88. The maximum Gasteiger partial charge on any atom is 0.223 e. The predicted octanol–water partition coefficient (Wildman–Crippen LogP) is 1.76. The Hall–Kier alpha value is -0.220. The highest BCUT2D eigenvalue weighted by Gasteiger charge is 2.24. The fraction of sp³-hybridized carbons (Fsp3) is 0.917. The third-order valence-corrected chi connectivity index (χ3v) is 4.38. The molecule has 0 radical (unpaired) electrons. The van der Waals surface area contributed by atoms with E-state index in [1.54, 1.807) is 0 Å². The van der Waals surface area contributed by atoms with Crippen molar-refractivity contribution in [3.63, 3.8) is 0 Å². The second kappa shape index (κ2) is 7.17. The Morgan fingerprint density at radius 2 is 2.31 bits per heavy atom. The van der Waals surface area contributed by atoms with Gasteiger partial charge in [0.1, 0.15) is 0 Å². The minimum absolute atomic E-state index is 0.160. The summed E-state index contributed by atoms with van der Waals surface area (Å²) in [6, 6.07) is 0.231. The number of amides is 1. The zero-order chi connectivity index (χ0) is 12.0. The topological polar surface area (TPSA) is 55.1 Å². The molecule has 0 aliphatic heterocycles. The average Bonchev–Trinajstić information content (AvgIpc) is 2.28. The van der Waals surface area contributed by atoms with Crippen LogP contribution in [0.5, 0.6) is 0 Å². The summed E-state index contributed by atoms with van der Waals surface area (Å²) in [4.78, 5) is 11.8. The normalized spacial score (nSPS) is 27.4. The zero-order valence-corrected chi connectivity index (χ0v) is 11.2. The lowest BCUT2D eigenvalue weighted by Gasteiger charge is -2.25. The van der Waals surface area contributed by atoms with Crippen LogP contribution in [0.15, 0.2) is 0 Å². The Kier molecular flexibility index (Phi) is 6.21. The lowest BCUT2D eigenvalue weighted by atomic mass is 9.85. The highest BCUT2D eigenvalue weighted by Crippen LogP contribution is 2.23. The number of carbonyl (C=O) groups excluding carboxylic acids is 1. The first-order valence-electron chi connectivity index (χ1n) is 6.19. The van der Waals surface area contributed by atoms with Gasteiger partial charge < -0.3 is 11.1 Å². The van der Waals surface area contributed by atoms with Crippen LogP contribution in [0.2, 0.25) is 0 Å². The average molecular weight is 244 g/mol. The van der Waals surface area contributed by atoms with Crippen molar-refractivity contribution >= 4 is 17.7 Å². The van der Waals surface area contributed by atoms with Gasteiger partial charge in [0.2, 0.25) is 5.91 Å². The van der Waals surface area contributed by atoms with Crippen molar-refractivity contribution in [1.82, 2.24) is 5.32 Å². The Labute approximate surface area is 103 Å². The minimum Gasteiger partial charge on any atom is -0.356 e. The van der Waals surface area contributed by atoms with Crippen molar-refractivity contribution in [3.05, 3.63) is 0 Å². The molecule has 16 heavy (non-hydrogen) atoms. The van der Waals surface area contributed by atoms with E-state index in [0.717, 1.165) is 38.6 Å². The van der Waals surface area contributed by atoms with Gasteiger partial charge in [-0.05, 0) is 31.9 Å². The van der Waals surface area contributed by atoms with Crippen molar-refractivity contribution in [3.8, 4) is 0 Å². The number of rotatable bonds is 5. The van der Waals surface area contributed by atoms with E-state index in [1.807, 2.05) is 11.8 Å². The van der Waals surface area contributed by atoms with Gasteiger partial charge in [-0.15, -0.1) is 0 Å². The van der Waals surface area contributed by atoms with Crippen LogP contribution in [0.3, 0.4) is 0 Å². The van der Waals surface area contributed by atoms with Crippen LogP contribution in [0, 0.1) is 5.92 Å². The second-order valence-electron chi connectivity index (χ2n) is 4.75. The molecule has 0 spiro atoms. The van der Waals surface area contributed by atoms with Gasteiger partial charge in [-0.25, -0.2) is 0 Å². The molecule has 1 aliphatic rings. The van der Waals surface area contributed by atoms with Crippen LogP contribution in [-0.2, 0) is 4.79 Å². The lowest BCUT2D eigenvalue weighted by Crippen LogP contribution is -2.38. The quantitative estimate of drug-likeness (QED) is 0.775. The van der Waals surface area contributed by atoms with Gasteiger partial charge in [-0.3, -0.25) is 4.79 Å². The molecule has 0 aromatic rings. The Balaban J connectivity index is 2.19. The van der Waals surface area contributed by atoms with Crippen molar-refractivity contribution in [2.45, 2.75) is 50.3 Å². The number of nitrogens with one attached hydrogen (secondary N) is 1. The van der Waals surface area contributed by atoms with Crippen LogP contribution >= 0.6 is 11.8 Å². The van der Waals surface area contributed by atoms with Gasteiger partial charge in [0.15, 0.2) is 0 Å². The monoisotopic (exact) mass is 244 g/mol. The summed E-state index contributed by atoms with van der Waals surface area (Å²) in [6.07, 6.45) is 7.20. The van der Waals surface area contributed by atoms with Crippen molar-refractivity contribution in [2.75, 3.05) is 12.8 Å². The molecule has 1 saturated carbocycles. The predicted molar refractivity (Wildman–Crippen MR) is 70.5 cm³/mol. The van der Waals surface area contributed by atoms with E-state index in [1.165, 1.54) is 0 Å². The molecule has 3 atom stereocenters. The van der Waals surface area contributed by atoms with Gasteiger partial charge in [0.05, 0.1) is 0 Å². The van der Waals surface area contributed by atoms with Crippen LogP contribution in [0.1, 0.15) is 39.0 Å². The fourth-order valence-corrected chi connectivity index (χ4v) is 2.48. The molecule has 0 heterocycles. The van der Waals surface area contributed by atoms with E-state index in [2.05, 4.69) is 18.5 Å². The maximum atomic E-state index is 11.8. The number of thioether (sulfide) groups is 1. The van der Waals surface area contributed by atoms with Crippen molar-refractivity contribution in [2.24, 2.45) is 11.7 Å². The SMILES string of the molecule is CSC(C)CCNC(=O)C1CCCC(N)C1. The van der Waals surface area contributed by atoms with Gasteiger partial charge >= 0.3 is 0 Å². The molecule has 3 N–H and O–H groups in total. The molecular formula is C12H24N2OS. The first-order chi connectivity index (χ1) is 7.63. The summed E-state index contributed by atoms with van der Waals surface area (Å²) in [5.74, 6) is 0.372. The number of nitrogens with two attached hydrogens (primary N) is 1. The lowest BCUT2D eigenvalue weighted by molar-refractivity contribution is -0.126. The Morgan fingerprint density at radius 1 is 1.56 bits per heavy atom. The first kappa shape index (κ1) is 13.8. The van der Waals surface area contributed by atoms with Gasteiger partial charge in [-0.1, -0.05) is 13.3 Å². The summed E-state index contributed by atoms with van der Waals surface area (Å²) < 4.78 is 0. The van der Waals surface area contributed by atoms with Crippen molar-refractivity contribution < 1.29 is 4.79 Å². The van der Waals surface area contributed by atoms with E-state index >= 15 is 0 Å². The highest BCUT2D eigenvalue weighted by molar-refractivity contribution is 7.99. The molecule has 94 valence electrons. The Morgan fingerprint density at radius 3 is 2.94 bits per heavy atom.